The van der Waals surface area contributed by atoms with Gasteiger partial charge in [-0.3, -0.25) is 0 Å². The quantitative estimate of drug-likeness (QED) is 0.577. The standard InChI is InChI=1S/C9H14N4O4S/c1-6(2)10-9(14)11-7-4-8(18(3,16)17)12-13(15)5-7/h4-6H,1-3H3,(H2,10,11,14). The van der Waals surface area contributed by atoms with Gasteiger partial charge in [-0.25, -0.2) is 13.2 Å². The van der Waals surface area contributed by atoms with Crippen LogP contribution in [-0.2, 0) is 9.84 Å². The van der Waals surface area contributed by atoms with E-state index in [9.17, 15) is 18.4 Å². The van der Waals surface area contributed by atoms with Crippen LogP contribution in [0.1, 0.15) is 13.8 Å². The topological polar surface area (TPSA) is 115 Å². The van der Waals surface area contributed by atoms with E-state index in [0.29, 0.717) is 0 Å². The van der Waals surface area contributed by atoms with E-state index in [2.05, 4.69) is 15.7 Å². The molecule has 1 rings (SSSR count). The fraction of sp³-hybridized carbons (Fsp3) is 0.444. The second kappa shape index (κ2) is 5.17. The molecule has 0 aliphatic heterocycles. The van der Waals surface area contributed by atoms with Crippen LogP contribution in [0, 0.1) is 5.21 Å². The fourth-order valence-corrected chi connectivity index (χ4v) is 1.69. The number of anilines is 1. The summed E-state index contributed by atoms with van der Waals surface area (Å²) in [6.45, 7) is 3.53. The van der Waals surface area contributed by atoms with E-state index in [1.807, 2.05) is 0 Å². The van der Waals surface area contributed by atoms with Gasteiger partial charge >= 0.3 is 6.03 Å². The number of hydrogen-bond donors (Lipinski definition) is 2. The molecule has 18 heavy (non-hydrogen) atoms. The minimum Gasteiger partial charge on any atom is -0.594 e. The van der Waals surface area contributed by atoms with Gasteiger partial charge < -0.3 is 15.8 Å². The number of carbonyl (C=O) groups excluding carboxylic acids is 1. The summed E-state index contributed by atoms with van der Waals surface area (Å²) in [7, 11) is -3.61. The summed E-state index contributed by atoms with van der Waals surface area (Å²) in [6, 6.07) is 0.500. The smallest absolute Gasteiger partial charge is 0.319 e. The van der Waals surface area contributed by atoms with Crippen molar-refractivity contribution in [3.05, 3.63) is 17.5 Å². The van der Waals surface area contributed by atoms with Crippen molar-refractivity contribution in [1.29, 1.82) is 0 Å². The van der Waals surface area contributed by atoms with Crippen LogP contribution in [0.3, 0.4) is 0 Å². The van der Waals surface area contributed by atoms with Crippen LogP contribution in [0.15, 0.2) is 17.3 Å². The maximum Gasteiger partial charge on any atom is 0.319 e. The second-order valence-corrected chi connectivity index (χ2v) is 5.96. The van der Waals surface area contributed by atoms with E-state index < -0.39 is 20.9 Å². The molecule has 0 saturated heterocycles. The molecule has 1 aromatic rings. The Kier molecular flexibility index (Phi) is 4.07. The molecular formula is C9H14N4O4S. The normalized spacial score (nSPS) is 11.3. The van der Waals surface area contributed by atoms with Gasteiger partial charge in [0, 0.05) is 23.5 Å². The molecule has 1 aromatic heterocycles. The number of rotatable bonds is 3. The lowest BCUT2D eigenvalue weighted by Crippen LogP contribution is -2.37. The lowest BCUT2D eigenvalue weighted by molar-refractivity contribution is -0.672. The van der Waals surface area contributed by atoms with Gasteiger partial charge in [0.2, 0.25) is 11.2 Å². The van der Waals surface area contributed by atoms with Gasteiger partial charge in [0.15, 0.2) is 9.84 Å². The van der Waals surface area contributed by atoms with E-state index in [1.165, 1.54) is 0 Å². The minimum absolute atomic E-state index is 0.0542. The number of aromatic nitrogens is 2. The lowest BCUT2D eigenvalue weighted by atomic mass is 10.4. The Morgan fingerprint density at radius 3 is 2.61 bits per heavy atom. The third-order valence-corrected chi connectivity index (χ3v) is 2.74. The molecule has 0 aromatic carbocycles. The van der Waals surface area contributed by atoms with E-state index >= 15 is 0 Å². The molecule has 0 aliphatic carbocycles. The summed E-state index contributed by atoms with van der Waals surface area (Å²) in [6.07, 6.45) is 1.89. The van der Waals surface area contributed by atoms with Crippen LogP contribution in [0.4, 0.5) is 10.5 Å². The van der Waals surface area contributed by atoms with Gasteiger partial charge in [-0.2, -0.15) is 0 Å². The first-order valence-corrected chi connectivity index (χ1v) is 6.97. The number of sulfone groups is 1. The number of urea groups is 1. The van der Waals surface area contributed by atoms with Crippen molar-refractivity contribution in [3.63, 3.8) is 0 Å². The first kappa shape index (κ1) is 14.2. The number of hydrogen-bond acceptors (Lipinski definition) is 5. The molecule has 0 saturated carbocycles. The van der Waals surface area contributed by atoms with Crippen LogP contribution in [0.2, 0.25) is 0 Å². The second-order valence-electron chi connectivity index (χ2n) is 3.99. The molecule has 0 spiro atoms. The minimum atomic E-state index is -3.61. The Balaban J connectivity index is 2.97. The van der Waals surface area contributed by atoms with Gasteiger partial charge in [-0.15, -0.1) is 0 Å². The Morgan fingerprint density at radius 2 is 2.11 bits per heavy atom. The van der Waals surface area contributed by atoms with E-state index in [-0.39, 0.29) is 16.6 Å². The molecule has 2 N–H and O–H groups in total. The largest absolute Gasteiger partial charge is 0.594 e. The van der Waals surface area contributed by atoms with Gasteiger partial charge in [0.25, 0.3) is 0 Å². The highest BCUT2D eigenvalue weighted by atomic mass is 32.2. The summed E-state index contributed by atoms with van der Waals surface area (Å²) in [5.41, 5.74) is 0.0542. The molecule has 2 amide bonds. The Morgan fingerprint density at radius 1 is 1.50 bits per heavy atom. The Hall–Kier alpha value is -1.90. The Labute approximate surface area is 105 Å². The van der Waals surface area contributed by atoms with Crippen molar-refractivity contribution in [2.24, 2.45) is 0 Å². The molecule has 8 nitrogen and oxygen atoms in total. The average molecular weight is 274 g/mol. The monoisotopic (exact) mass is 274 g/mol. The maximum absolute atomic E-state index is 11.4. The van der Waals surface area contributed by atoms with Gasteiger partial charge in [0.05, 0.1) is 0 Å². The first-order valence-electron chi connectivity index (χ1n) is 5.07. The third kappa shape index (κ3) is 4.17. The average Bonchev–Trinajstić information content (AvgIpc) is 2.13. The number of nitrogens with zero attached hydrogens (tertiary/aromatic N) is 2. The predicted molar refractivity (Wildman–Crippen MR) is 63.6 cm³/mol. The molecule has 0 bridgehead atoms. The molecule has 0 unspecified atom stereocenters. The number of nitrogens with one attached hydrogen (secondary N) is 2. The highest BCUT2D eigenvalue weighted by Gasteiger charge is 2.16. The summed E-state index contributed by atoms with van der Waals surface area (Å²) in [5, 5.41) is 18.9. The fourth-order valence-electron chi connectivity index (χ4n) is 1.12. The highest BCUT2D eigenvalue weighted by molar-refractivity contribution is 7.90. The molecule has 0 radical (unpaired) electrons. The van der Waals surface area contributed by atoms with Crippen LogP contribution in [0.25, 0.3) is 0 Å². The van der Waals surface area contributed by atoms with E-state index in [0.717, 1.165) is 18.5 Å². The summed E-state index contributed by atoms with van der Waals surface area (Å²) >= 11 is 0. The van der Waals surface area contributed by atoms with Crippen molar-refractivity contribution in [1.82, 2.24) is 10.4 Å². The Bertz CT molecular complexity index is 556. The number of carbonyl (C=O) groups is 1. The van der Waals surface area contributed by atoms with Crippen LogP contribution in [0.5, 0.6) is 0 Å². The van der Waals surface area contributed by atoms with Crippen molar-refractivity contribution < 1.29 is 18.1 Å². The first-order chi connectivity index (χ1) is 8.18. The summed E-state index contributed by atoms with van der Waals surface area (Å²) in [5.74, 6) is 0. The van der Waals surface area contributed by atoms with Crippen LogP contribution < -0.4 is 15.5 Å². The van der Waals surface area contributed by atoms with Crippen molar-refractivity contribution in [3.8, 4) is 0 Å². The third-order valence-electron chi connectivity index (χ3n) is 1.78. The number of amides is 2. The zero-order valence-electron chi connectivity index (χ0n) is 10.2. The summed E-state index contributed by atoms with van der Waals surface area (Å²) in [4.78, 5) is 11.5. The van der Waals surface area contributed by atoms with E-state index in [1.54, 1.807) is 13.8 Å². The van der Waals surface area contributed by atoms with Crippen molar-refractivity contribution >= 4 is 21.6 Å². The lowest BCUT2D eigenvalue weighted by Gasteiger charge is -2.09. The molecule has 0 atom stereocenters. The zero-order valence-corrected chi connectivity index (χ0v) is 11.0. The van der Waals surface area contributed by atoms with Crippen molar-refractivity contribution in [2.45, 2.75) is 24.9 Å². The van der Waals surface area contributed by atoms with E-state index in [4.69, 9.17) is 0 Å². The van der Waals surface area contributed by atoms with Gasteiger partial charge in [-0.05, 0) is 13.8 Å². The molecule has 0 aliphatic rings. The molecule has 1 heterocycles. The maximum atomic E-state index is 11.4. The van der Waals surface area contributed by atoms with Crippen molar-refractivity contribution in [2.75, 3.05) is 11.6 Å². The van der Waals surface area contributed by atoms with Crippen LogP contribution in [-0.4, -0.2) is 31.8 Å². The molecule has 0 fully saturated rings. The van der Waals surface area contributed by atoms with Crippen LogP contribution >= 0.6 is 0 Å². The van der Waals surface area contributed by atoms with Gasteiger partial charge in [0.1, 0.15) is 5.69 Å². The molecular weight excluding hydrogens is 260 g/mol. The zero-order chi connectivity index (χ0) is 13.9. The molecule has 9 heteroatoms. The van der Waals surface area contributed by atoms with Gasteiger partial charge in [-0.1, -0.05) is 4.85 Å². The molecule has 100 valence electrons. The highest BCUT2D eigenvalue weighted by Crippen LogP contribution is 2.09. The predicted octanol–water partition coefficient (Wildman–Crippen LogP) is -0.352. The summed E-state index contributed by atoms with van der Waals surface area (Å²) < 4.78 is 22.5. The SMILES string of the molecule is CC(C)NC(=O)Nc1cc(S(C)(=O)=O)n[n+]([O-])c1.